The second-order valence-electron chi connectivity index (χ2n) is 12.7. The number of likely N-dealkylation sites (tertiary alicyclic amines) is 1. The number of imidazole rings is 1. The molecule has 1 N–H and O–H groups in total. The average molecular weight is 702 g/mol. The van der Waals surface area contributed by atoms with Crippen LogP contribution in [0, 0.1) is 5.92 Å². The van der Waals surface area contributed by atoms with Gasteiger partial charge in [-0.1, -0.05) is 0 Å². The minimum atomic E-state index is -1.76. The number of nitrogens with zero attached hydrogens (tertiary/aromatic N) is 4. The molecule has 3 atom stereocenters. The Morgan fingerprint density at radius 1 is 1.16 bits per heavy atom. The molecule has 0 bridgehead atoms. The second kappa shape index (κ2) is 13.8. The summed E-state index contributed by atoms with van der Waals surface area (Å²) < 4.78 is 8.81. The number of aryl methyl sites for hydroxylation is 1. The first-order valence-corrected chi connectivity index (χ1v) is 23.2. The third-order valence-corrected chi connectivity index (χ3v) is 11.7. The maximum absolute atomic E-state index is 14.2. The van der Waals surface area contributed by atoms with Gasteiger partial charge in [-0.2, -0.15) is 0 Å². The zero-order chi connectivity index (χ0) is 30.6. The van der Waals surface area contributed by atoms with Crippen LogP contribution in [0.5, 0.6) is 5.75 Å². The molecule has 3 heterocycles. The summed E-state index contributed by atoms with van der Waals surface area (Å²) in [6.07, 6.45) is 8.76. The fraction of sp³-hybridized carbons (Fsp3) is 0.500. The van der Waals surface area contributed by atoms with Crippen LogP contribution in [0.4, 0.5) is 5.69 Å². The number of rotatable bonds is 13. The van der Waals surface area contributed by atoms with Crippen LogP contribution in [0.1, 0.15) is 48.8 Å². The first-order valence-electron chi connectivity index (χ1n) is 15.2. The number of ether oxygens (including phenoxy) is 1. The van der Waals surface area contributed by atoms with E-state index in [0.717, 1.165) is 46.3 Å². The summed E-state index contributed by atoms with van der Waals surface area (Å²) in [7, 11) is 0. The molecule has 1 aromatic heterocycles. The number of carboxylic acid groups (broad SMARTS) is 1. The fourth-order valence-corrected chi connectivity index (χ4v) is 9.69. The van der Waals surface area contributed by atoms with Gasteiger partial charge in [0.15, 0.2) is 0 Å². The Balaban J connectivity index is 1.43. The Labute approximate surface area is 259 Å². The van der Waals surface area contributed by atoms with Gasteiger partial charge in [0.1, 0.15) is 5.75 Å². The van der Waals surface area contributed by atoms with E-state index in [4.69, 9.17) is 4.74 Å². The zero-order valence-corrected chi connectivity index (χ0v) is 28.1. The molecule has 5 rings (SSSR count). The number of fused-ring (bicyclic) bond motifs is 1. The van der Waals surface area contributed by atoms with Crippen LogP contribution in [0.25, 0.3) is 0 Å². The van der Waals surface area contributed by atoms with Crippen molar-refractivity contribution in [2.45, 2.75) is 55.5 Å². The number of carbonyl (C=O) groups is 2. The number of hydrogen-bond donors (Lipinski definition) is 1. The number of anilines is 1. The molecule has 0 saturated carbocycles. The molecule has 0 radical (unpaired) electrons. The van der Waals surface area contributed by atoms with E-state index in [1.807, 2.05) is 33.9 Å². The number of unbranched alkanes of at least 4 members (excludes halogenated alkanes) is 1. The molecule has 0 unspecified atom stereocenters. The topological polar surface area (TPSA) is 87.9 Å². The van der Waals surface area contributed by atoms with Crippen LogP contribution < -0.4 is 28.1 Å². The molecule has 1 fully saturated rings. The number of aromatic nitrogens is 2. The molecular formula is C34H46IN4O4-. The molecule has 0 aliphatic carbocycles. The van der Waals surface area contributed by atoms with E-state index in [1.54, 1.807) is 12.5 Å². The second-order valence-corrected chi connectivity index (χ2v) is 24.5. The van der Waals surface area contributed by atoms with Crippen molar-refractivity contribution in [1.29, 1.82) is 0 Å². The average Bonchev–Trinajstić information content (AvgIpc) is 3.71. The molecular weight excluding hydrogens is 655 g/mol. The van der Waals surface area contributed by atoms with Crippen LogP contribution in [-0.4, -0.2) is 78.5 Å². The van der Waals surface area contributed by atoms with E-state index in [0.29, 0.717) is 32.7 Å². The number of aliphatic carboxylic acids is 1. The SMILES string of the molecule is CCCCN(C(=O)CN1C[C@H](c2ccc3c(c2)CCO3)[C@@H](C(=O)O)[C@@H]1CCn1ccnc1)c1cccc(C[I-](C)(C)C)c1. The Morgan fingerprint density at radius 2 is 2.00 bits per heavy atom. The predicted molar refractivity (Wildman–Crippen MR) is 167 cm³/mol. The summed E-state index contributed by atoms with van der Waals surface area (Å²) in [5.74, 6) is -0.726. The molecule has 0 spiro atoms. The minimum absolute atomic E-state index is 0.0296. The molecule has 8 nitrogen and oxygen atoms in total. The van der Waals surface area contributed by atoms with Crippen molar-refractivity contribution in [3.63, 3.8) is 0 Å². The molecule has 2 aromatic carbocycles. The Kier molecular flexibility index (Phi) is 10.1. The Morgan fingerprint density at radius 3 is 2.72 bits per heavy atom. The molecule has 1 saturated heterocycles. The van der Waals surface area contributed by atoms with Crippen molar-refractivity contribution >= 4 is 17.6 Å². The monoisotopic (exact) mass is 701 g/mol. The molecule has 43 heavy (non-hydrogen) atoms. The molecule has 2 aliphatic heterocycles. The van der Waals surface area contributed by atoms with Crippen LogP contribution in [0.3, 0.4) is 0 Å². The summed E-state index contributed by atoms with van der Waals surface area (Å²) >= 11 is -1.76. The van der Waals surface area contributed by atoms with Crippen LogP contribution in [0.15, 0.2) is 61.2 Å². The van der Waals surface area contributed by atoms with Gasteiger partial charge in [-0.3, -0.25) is 0 Å². The first-order chi connectivity index (χ1) is 20.6. The van der Waals surface area contributed by atoms with Gasteiger partial charge in [-0.25, -0.2) is 4.98 Å². The molecule has 3 aromatic rings. The number of alkyl halides is 4. The summed E-state index contributed by atoms with van der Waals surface area (Å²) in [6, 6.07) is 14.3. The van der Waals surface area contributed by atoms with Crippen LogP contribution >= 0.6 is 0 Å². The van der Waals surface area contributed by atoms with Gasteiger partial charge in [0.05, 0.1) is 12.9 Å². The van der Waals surface area contributed by atoms with Crippen molar-refractivity contribution in [3.05, 3.63) is 77.9 Å². The summed E-state index contributed by atoms with van der Waals surface area (Å²) in [5, 5.41) is 10.6. The fourth-order valence-electron chi connectivity index (χ4n) is 6.57. The van der Waals surface area contributed by atoms with Crippen molar-refractivity contribution in [3.8, 4) is 5.75 Å². The summed E-state index contributed by atoms with van der Waals surface area (Å²) in [5.41, 5.74) is 4.39. The van der Waals surface area contributed by atoms with Gasteiger partial charge in [0.25, 0.3) is 0 Å². The number of amides is 1. The van der Waals surface area contributed by atoms with Gasteiger partial charge >= 0.3 is 202 Å². The van der Waals surface area contributed by atoms with Crippen molar-refractivity contribution in [2.24, 2.45) is 5.92 Å². The van der Waals surface area contributed by atoms with Gasteiger partial charge in [-0.15, -0.1) is 0 Å². The quantitative estimate of drug-likeness (QED) is 0.216. The van der Waals surface area contributed by atoms with Gasteiger partial charge in [0, 0.05) is 18.8 Å². The van der Waals surface area contributed by atoms with Crippen molar-refractivity contribution in [2.75, 3.05) is 45.9 Å². The van der Waals surface area contributed by atoms with E-state index in [-0.39, 0.29) is 24.4 Å². The Bertz CT molecular complexity index is 1400. The van der Waals surface area contributed by atoms with Gasteiger partial charge in [0.2, 0.25) is 0 Å². The third kappa shape index (κ3) is 7.78. The summed E-state index contributed by atoms with van der Waals surface area (Å²) in [4.78, 5) is 42.5. The number of carbonyl (C=O) groups excluding carboxylic acids is 1. The molecule has 234 valence electrons. The van der Waals surface area contributed by atoms with Crippen molar-refractivity contribution < 1.29 is 37.9 Å². The standard InChI is InChI=1S/C34H46IN4O4/c1-5-6-15-39(28-9-7-8-25(19-28)21-35(2,3)4)32(40)23-38-22-29(26-10-11-31-27(20-26)13-18-43-31)33(34(41)42)30(38)12-16-37-17-14-36-24-37/h7-11,14,17,19-20,24,29-30,33H,5-6,12-13,15-16,18,21-23H2,1-4H3,(H,41,42)/q-1/t29-,30+,33-/m1/s1. The third-order valence-electron chi connectivity index (χ3n) is 8.57. The predicted octanol–water partition coefficient (Wildman–Crippen LogP) is 1.76. The molecule has 2 aliphatic rings. The number of benzene rings is 2. The Hall–Kier alpha value is -2.92. The molecule has 1 amide bonds. The van der Waals surface area contributed by atoms with E-state index >= 15 is 0 Å². The number of carboxylic acids is 1. The van der Waals surface area contributed by atoms with E-state index in [2.05, 4.69) is 55.9 Å². The van der Waals surface area contributed by atoms with Crippen LogP contribution in [0.2, 0.25) is 0 Å². The maximum atomic E-state index is 14.2. The zero-order valence-electron chi connectivity index (χ0n) is 25.9. The normalized spacial score (nSPS) is 20.5. The van der Waals surface area contributed by atoms with Gasteiger partial charge in [-0.05, 0) is 11.6 Å². The van der Waals surface area contributed by atoms with Gasteiger partial charge < -0.3 is 4.74 Å². The summed E-state index contributed by atoms with van der Waals surface area (Å²) in [6.45, 7) is 4.81. The van der Waals surface area contributed by atoms with E-state index in [9.17, 15) is 14.7 Å². The van der Waals surface area contributed by atoms with E-state index < -0.39 is 30.3 Å². The number of hydrogen-bond acceptors (Lipinski definition) is 5. The van der Waals surface area contributed by atoms with Crippen LogP contribution in [-0.2, 0) is 27.0 Å². The molecule has 9 heteroatoms. The van der Waals surface area contributed by atoms with Crippen molar-refractivity contribution in [1.82, 2.24) is 14.5 Å². The first kappa shape index (κ1) is 31.5. The number of halogens is 1. The van der Waals surface area contributed by atoms with E-state index in [1.165, 1.54) is 5.56 Å².